The van der Waals surface area contributed by atoms with Gasteiger partial charge in [-0.2, -0.15) is 0 Å². The first-order valence-electron chi connectivity index (χ1n) is 5.01. The highest BCUT2D eigenvalue weighted by molar-refractivity contribution is 5.81. The normalized spacial score (nSPS) is 36.4. The second kappa shape index (κ2) is 3.66. The average molecular weight is 184 g/mol. The van der Waals surface area contributed by atoms with E-state index in [1.54, 1.807) is 6.92 Å². The van der Waals surface area contributed by atoms with Crippen LogP contribution in [0.1, 0.15) is 27.7 Å². The first-order valence-corrected chi connectivity index (χ1v) is 5.01. The number of likely N-dealkylation sites (tertiary alicyclic amines) is 1. The third-order valence-electron chi connectivity index (χ3n) is 3.31. The quantitative estimate of drug-likeness (QED) is 0.656. The fourth-order valence-electron chi connectivity index (χ4n) is 1.95. The van der Waals surface area contributed by atoms with Crippen LogP contribution in [0, 0.1) is 11.8 Å². The number of hydrogen-bond acceptors (Lipinski definition) is 2. The van der Waals surface area contributed by atoms with E-state index in [-0.39, 0.29) is 11.9 Å². The van der Waals surface area contributed by atoms with Crippen molar-refractivity contribution < 1.29 is 4.79 Å². The number of nitrogens with zero attached hydrogens (tertiary/aromatic N) is 1. The number of amides is 1. The van der Waals surface area contributed by atoms with Crippen LogP contribution in [0.15, 0.2) is 0 Å². The lowest BCUT2D eigenvalue weighted by Gasteiger charge is -2.24. The fraction of sp³-hybridized carbons (Fsp3) is 0.900. The molecule has 0 spiro atoms. The van der Waals surface area contributed by atoms with Gasteiger partial charge in [-0.15, -0.1) is 0 Å². The summed E-state index contributed by atoms with van der Waals surface area (Å²) < 4.78 is 0. The summed E-state index contributed by atoms with van der Waals surface area (Å²) in [6, 6.07) is -0.0200. The Morgan fingerprint density at radius 3 is 2.31 bits per heavy atom. The average Bonchev–Trinajstić information content (AvgIpc) is 2.31. The zero-order valence-corrected chi connectivity index (χ0v) is 8.95. The Labute approximate surface area is 80.3 Å². The van der Waals surface area contributed by atoms with Crippen molar-refractivity contribution in [2.24, 2.45) is 17.6 Å². The van der Waals surface area contributed by atoms with Gasteiger partial charge in [0.1, 0.15) is 0 Å². The van der Waals surface area contributed by atoms with Gasteiger partial charge < -0.3 is 10.6 Å². The Morgan fingerprint density at radius 1 is 1.46 bits per heavy atom. The van der Waals surface area contributed by atoms with E-state index < -0.39 is 0 Å². The highest BCUT2D eigenvalue weighted by atomic mass is 16.2. The van der Waals surface area contributed by atoms with E-state index in [1.807, 2.05) is 4.90 Å². The van der Waals surface area contributed by atoms with Gasteiger partial charge in [-0.3, -0.25) is 4.79 Å². The van der Waals surface area contributed by atoms with Gasteiger partial charge in [-0.05, 0) is 25.7 Å². The van der Waals surface area contributed by atoms with E-state index in [0.717, 1.165) is 6.54 Å². The van der Waals surface area contributed by atoms with Gasteiger partial charge in [0.25, 0.3) is 0 Å². The van der Waals surface area contributed by atoms with E-state index in [1.165, 1.54) is 0 Å². The summed E-state index contributed by atoms with van der Waals surface area (Å²) in [5.74, 6) is 1.27. The molecule has 0 saturated carbocycles. The van der Waals surface area contributed by atoms with Crippen molar-refractivity contribution in [2.75, 3.05) is 6.54 Å². The molecule has 1 aliphatic rings. The summed E-state index contributed by atoms with van der Waals surface area (Å²) >= 11 is 0. The van der Waals surface area contributed by atoms with E-state index in [4.69, 9.17) is 5.73 Å². The number of nitrogens with two attached hydrogens (primary N) is 1. The Hall–Kier alpha value is -0.570. The summed E-state index contributed by atoms with van der Waals surface area (Å²) in [4.78, 5) is 13.6. The van der Waals surface area contributed by atoms with Gasteiger partial charge >= 0.3 is 0 Å². The zero-order valence-electron chi connectivity index (χ0n) is 8.95. The van der Waals surface area contributed by atoms with Crippen LogP contribution in [0.5, 0.6) is 0 Å². The maximum atomic E-state index is 11.6. The molecule has 0 aromatic rings. The van der Waals surface area contributed by atoms with Crippen LogP contribution in [0.2, 0.25) is 0 Å². The molecular weight excluding hydrogens is 164 g/mol. The standard InChI is InChI=1S/C10H20N2O/c1-6-5-12(9(4)7(6)2)10(13)8(3)11/h6-9H,5,11H2,1-4H3. The highest BCUT2D eigenvalue weighted by Crippen LogP contribution is 2.28. The van der Waals surface area contributed by atoms with Crippen LogP contribution < -0.4 is 5.73 Å². The molecule has 0 radical (unpaired) electrons. The molecule has 1 aliphatic heterocycles. The second-order valence-electron chi connectivity index (χ2n) is 4.36. The SMILES string of the molecule is CC(N)C(=O)N1CC(C)C(C)C1C. The lowest BCUT2D eigenvalue weighted by Crippen LogP contribution is -2.44. The molecule has 4 unspecified atom stereocenters. The third kappa shape index (κ3) is 1.85. The maximum Gasteiger partial charge on any atom is 0.239 e. The van der Waals surface area contributed by atoms with E-state index >= 15 is 0 Å². The third-order valence-corrected chi connectivity index (χ3v) is 3.31. The topological polar surface area (TPSA) is 46.3 Å². The fourth-order valence-corrected chi connectivity index (χ4v) is 1.95. The molecule has 3 heteroatoms. The van der Waals surface area contributed by atoms with Gasteiger partial charge in [-0.25, -0.2) is 0 Å². The molecule has 0 aromatic carbocycles. The van der Waals surface area contributed by atoms with Crippen LogP contribution in [0.4, 0.5) is 0 Å². The Bertz CT molecular complexity index is 203. The summed E-state index contributed by atoms with van der Waals surface area (Å²) in [7, 11) is 0. The minimum atomic E-state index is -0.361. The first-order chi connectivity index (χ1) is 5.95. The molecule has 2 N–H and O–H groups in total. The second-order valence-corrected chi connectivity index (χ2v) is 4.36. The van der Waals surface area contributed by atoms with Crippen LogP contribution >= 0.6 is 0 Å². The van der Waals surface area contributed by atoms with Gasteiger partial charge in [0, 0.05) is 12.6 Å². The van der Waals surface area contributed by atoms with Crippen molar-refractivity contribution in [1.29, 1.82) is 0 Å². The lowest BCUT2D eigenvalue weighted by atomic mass is 9.95. The van der Waals surface area contributed by atoms with Crippen LogP contribution in [-0.2, 0) is 4.79 Å². The van der Waals surface area contributed by atoms with Crippen molar-refractivity contribution in [2.45, 2.75) is 39.8 Å². The van der Waals surface area contributed by atoms with Crippen molar-refractivity contribution in [3.63, 3.8) is 0 Å². The molecule has 3 nitrogen and oxygen atoms in total. The largest absolute Gasteiger partial charge is 0.338 e. The predicted octanol–water partition coefficient (Wildman–Crippen LogP) is 0.837. The molecule has 1 saturated heterocycles. The Balaban J connectivity index is 2.68. The highest BCUT2D eigenvalue weighted by Gasteiger charge is 2.36. The molecule has 4 atom stereocenters. The van der Waals surface area contributed by atoms with Gasteiger partial charge in [0.05, 0.1) is 6.04 Å². The molecule has 1 heterocycles. The molecule has 13 heavy (non-hydrogen) atoms. The summed E-state index contributed by atoms with van der Waals surface area (Å²) in [6.07, 6.45) is 0. The van der Waals surface area contributed by atoms with Gasteiger partial charge in [-0.1, -0.05) is 13.8 Å². The number of rotatable bonds is 1. The van der Waals surface area contributed by atoms with Crippen LogP contribution in [-0.4, -0.2) is 29.4 Å². The Kier molecular flexibility index (Phi) is 2.96. The lowest BCUT2D eigenvalue weighted by molar-refractivity contribution is -0.133. The predicted molar refractivity (Wildman–Crippen MR) is 53.2 cm³/mol. The van der Waals surface area contributed by atoms with Crippen molar-refractivity contribution in [1.82, 2.24) is 4.90 Å². The minimum Gasteiger partial charge on any atom is -0.338 e. The monoisotopic (exact) mass is 184 g/mol. The number of hydrogen-bond donors (Lipinski definition) is 1. The van der Waals surface area contributed by atoms with Crippen LogP contribution in [0.3, 0.4) is 0 Å². The summed E-state index contributed by atoms with van der Waals surface area (Å²) in [5, 5.41) is 0. The number of carbonyl (C=O) groups excluding carboxylic acids is 1. The molecule has 76 valence electrons. The molecule has 0 aliphatic carbocycles. The molecule has 1 amide bonds. The van der Waals surface area contributed by atoms with Crippen molar-refractivity contribution >= 4 is 5.91 Å². The van der Waals surface area contributed by atoms with Crippen molar-refractivity contribution in [3.05, 3.63) is 0 Å². The smallest absolute Gasteiger partial charge is 0.239 e. The van der Waals surface area contributed by atoms with E-state index in [9.17, 15) is 4.79 Å². The maximum absolute atomic E-state index is 11.6. The molecule has 0 bridgehead atoms. The summed E-state index contributed by atoms with van der Waals surface area (Å²) in [6.45, 7) is 9.11. The zero-order chi connectivity index (χ0) is 10.2. The van der Waals surface area contributed by atoms with E-state index in [2.05, 4.69) is 20.8 Å². The summed E-state index contributed by atoms with van der Waals surface area (Å²) in [5.41, 5.74) is 5.58. The molecular formula is C10H20N2O. The van der Waals surface area contributed by atoms with Gasteiger partial charge in [0.2, 0.25) is 5.91 Å². The molecule has 1 rings (SSSR count). The first kappa shape index (κ1) is 10.5. The molecule has 1 fully saturated rings. The van der Waals surface area contributed by atoms with Crippen LogP contribution in [0.25, 0.3) is 0 Å². The van der Waals surface area contributed by atoms with Crippen molar-refractivity contribution in [3.8, 4) is 0 Å². The number of carbonyl (C=O) groups is 1. The van der Waals surface area contributed by atoms with E-state index in [0.29, 0.717) is 17.9 Å². The minimum absolute atomic E-state index is 0.0868. The molecule has 0 aromatic heterocycles. The Morgan fingerprint density at radius 2 is 2.00 bits per heavy atom. The van der Waals surface area contributed by atoms with Gasteiger partial charge in [0.15, 0.2) is 0 Å².